The Hall–Kier alpha value is -2.22. The van der Waals surface area contributed by atoms with Crippen molar-refractivity contribution >= 4 is 41.0 Å². The monoisotopic (exact) mass is 443 g/mol. The van der Waals surface area contributed by atoms with Crippen molar-refractivity contribution < 1.29 is 4.79 Å². The molecule has 0 saturated carbocycles. The fraction of sp³-hybridized carbons (Fsp3) is 0.190. The first-order valence-electron chi connectivity index (χ1n) is 9.10. The molecule has 0 saturated heterocycles. The Bertz CT molecular complexity index is 1090. The number of amides is 1. The summed E-state index contributed by atoms with van der Waals surface area (Å²) in [5.41, 5.74) is 2.45. The van der Waals surface area contributed by atoms with Crippen molar-refractivity contribution in [1.29, 1.82) is 0 Å². The summed E-state index contributed by atoms with van der Waals surface area (Å²) in [6.45, 7) is 0.471. The topological polar surface area (TPSA) is 64.0 Å². The van der Waals surface area contributed by atoms with E-state index in [2.05, 4.69) is 5.32 Å². The zero-order valence-corrected chi connectivity index (χ0v) is 17.8. The van der Waals surface area contributed by atoms with Crippen LogP contribution in [0.1, 0.15) is 11.3 Å². The predicted molar refractivity (Wildman–Crippen MR) is 118 cm³/mol. The van der Waals surface area contributed by atoms with E-state index in [1.54, 1.807) is 28.8 Å². The summed E-state index contributed by atoms with van der Waals surface area (Å²) in [5.74, 6) is 0.925. The van der Waals surface area contributed by atoms with Crippen molar-refractivity contribution in [3.8, 4) is 5.69 Å². The Kier molecular flexibility index (Phi) is 6.28. The third kappa shape index (κ3) is 4.69. The summed E-state index contributed by atoms with van der Waals surface area (Å²) >= 11 is 8.80. The lowest BCUT2D eigenvalue weighted by Crippen LogP contribution is -2.27. The van der Waals surface area contributed by atoms with Gasteiger partial charge in [-0.25, -0.2) is 4.98 Å². The Balaban J connectivity index is 1.55. The van der Waals surface area contributed by atoms with Crippen LogP contribution in [0.2, 0.25) is 5.02 Å². The summed E-state index contributed by atoms with van der Waals surface area (Å²) in [6, 6.07) is 16.8. The number of benzene rings is 2. The van der Waals surface area contributed by atoms with Crippen LogP contribution < -0.4 is 10.9 Å². The molecule has 0 fully saturated rings. The van der Waals surface area contributed by atoms with Crippen LogP contribution in [0.4, 0.5) is 0 Å². The molecule has 0 radical (unpaired) electrons. The van der Waals surface area contributed by atoms with Gasteiger partial charge in [-0.2, -0.15) is 0 Å². The minimum absolute atomic E-state index is 0.0907. The SMILES string of the molecule is O=C(CSc1nc2c(c(=O)n1-c1ccc(Cl)cc1)SCC2)NCc1ccccc1. The molecule has 0 aliphatic carbocycles. The first-order chi connectivity index (χ1) is 14.1. The van der Waals surface area contributed by atoms with E-state index in [1.165, 1.54) is 23.5 Å². The number of rotatable bonds is 6. The molecule has 0 atom stereocenters. The minimum atomic E-state index is -0.106. The van der Waals surface area contributed by atoms with Gasteiger partial charge in [0.05, 0.1) is 22.0 Å². The van der Waals surface area contributed by atoms with Crippen LogP contribution in [-0.4, -0.2) is 27.0 Å². The fourth-order valence-corrected chi connectivity index (χ4v) is 4.99. The van der Waals surface area contributed by atoms with E-state index in [0.717, 1.165) is 23.4 Å². The van der Waals surface area contributed by atoms with Gasteiger partial charge in [-0.05, 0) is 29.8 Å². The van der Waals surface area contributed by atoms with E-state index in [4.69, 9.17) is 16.6 Å². The number of hydrogen-bond donors (Lipinski definition) is 1. The second-order valence-electron chi connectivity index (χ2n) is 6.44. The molecule has 1 aromatic heterocycles. The summed E-state index contributed by atoms with van der Waals surface area (Å²) in [4.78, 5) is 30.8. The number of hydrogen-bond acceptors (Lipinski definition) is 5. The molecule has 5 nitrogen and oxygen atoms in total. The normalized spacial score (nSPS) is 12.6. The van der Waals surface area contributed by atoms with E-state index in [-0.39, 0.29) is 17.2 Å². The van der Waals surface area contributed by atoms with Gasteiger partial charge in [-0.3, -0.25) is 14.2 Å². The third-order valence-corrected chi connectivity index (χ3v) is 6.71. The molecule has 0 spiro atoms. The van der Waals surface area contributed by atoms with E-state index in [9.17, 15) is 9.59 Å². The molecule has 1 amide bonds. The highest BCUT2D eigenvalue weighted by Gasteiger charge is 2.23. The third-order valence-electron chi connectivity index (χ3n) is 4.42. The average Bonchev–Trinajstić information content (AvgIpc) is 3.21. The lowest BCUT2D eigenvalue weighted by Gasteiger charge is -2.14. The predicted octanol–water partition coefficient (Wildman–Crippen LogP) is 3.94. The largest absolute Gasteiger partial charge is 0.351 e. The van der Waals surface area contributed by atoms with Crippen molar-refractivity contribution in [2.75, 3.05) is 11.5 Å². The van der Waals surface area contributed by atoms with Gasteiger partial charge in [0.15, 0.2) is 5.16 Å². The Morgan fingerprint density at radius 3 is 2.69 bits per heavy atom. The van der Waals surface area contributed by atoms with Crippen molar-refractivity contribution in [3.05, 3.63) is 81.2 Å². The highest BCUT2D eigenvalue weighted by atomic mass is 35.5. The highest BCUT2D eigenvalue weighted by molar-refractivity contribution is 8.00. The van der Waals surface area contributed by atoms with Crippen molar-refractivity contribution in [3.63, 3.8) is 0 Å². The number of nitrogens with one attached hydrogen (secondary N) is 1. The van der Waals surface area contributed by atoms with E-state index >= 15 is 0 Å². The van der Waals surface area contributed by atoms with Gasteiger partial charge in [0.2, 0.25) is 5.91 Å². The quantitative estimate of drug-likeness (QED) is 0.461. The molecule has 148 valence electrons. The molecule has 0 unspecified atom stereocenters. The molecule has 1 aliphatic heterocycles. The number of thioether (sulfide) groups is 2. The molecule has 4 rings (SSSR count). The maximum atomic E-state index is 13.1. The molecular formula is C21H18ClN3O2S2. The van der Waals surface area contributed by atoms with Gasteiger partial charge in [0, 0.05) is 23.7 Å². The molecule has 0 bridgehead atoms. The molecule has 2 aromatic carbocycles. The van der Waals surface area contributed by atoms with Crippen LogP contribution in [0.15, 0.2) is 69.4 Å². The Morgan fingerprint density at radius 2 is 1.93 bits per heavy atom. The Morgan fingerprint density at radius 1 is 1.17 bits per heavy atom. The van der Waals surface area contributed by atoms with Crippen molar-refractivity contribution in [1.82, 2.24) is 14.9 Å². The maximum absolute atomic E-state index is 13.1. The maximum Gasteiger partial charge on any atom is 0.272 e. The number of halogens is 1. The van der Waals surface area contributed by atoms with Crippen LogP contribution in [0.5, 0.6) is 0 Å². The van der Waals surface area contributed by atoms with Gasteiger partial charge in [-0.15, -0.1) is 11.8 Å². The second-order valence-corrected chi connectivity index (χ2v) is 8.92. The fourth-order valence-electron chi connectivity index (χ4n) is 2.98. The zero-order chi connectivity index (χ0) is 20.2. The standard InChI is InChI=1S/C21H18ClN3O2S2/c22-15-6-8-16(9-7-15)25-20(27)19-17(10-11-28-19)24-21(25)29-13-18(26)23-12-14-4-2-1-3-5-14/h1-9H,10-13H2,(H,23,26). The summed E-state index contributed by atoms with van der Waals surface area (Å²) in [5, 5.41) is 4.03. The van der Waals surface area contributed by atoms with Crippen molar-refractivity contribution in [2.45, 2.75) is 23.0 Å². The van der Waals surface area contributed by atoms with Gasteiger partial charge < -0.3 is 5.32 Å². The zero-order valence-electron chi connectivity index (χ0n) is 15.4. The molecule has 3 aromatic rings. The van der Waals surface area contributed by atoms with Crippen LogP contribution in [0.25, 0.3) is 5.69 Å². The first kappa shape index (κ1) is 20.1. The summed E-state index contributed by atoms with van der Waals surface area (Å²) < 4.78 is 1.57. The number of fused-ring (bicyclic) bond motifs is 1. The van der Waals surface area contributed by atoms with Crippen molar-refractivity contribution in [2.24, 2.45) is 0 Å². The van der Waals surface area contributed by atoms with Gasteiger partial charge in [-0.1, -0.05) is 53.7 Å². The molecular weight excluding hydrogens is 426 g/mol. The van der Waals surface area contributed by atoms with Gasteiger partial charge in [0.25, 0.3) is 5.56 Å². The number of carbonyl (C=O) groups is 1. The van der Waals surface area contributed by atoms with Crippen LogP contribution in [0, 0.1) is 0 Å². The smallest absolute Gasteiger partial charge is 0.272 e. The van der Waals surface area contributed by atoms with E-state index < -0.39 is 0 Å². The number of aromatic nitrogens is 2. The minimum Gasteiger partial charge on any atom is -0.351 e. The van der Waals surface area contributed by atoms with Gasteiger partial charge >= 0.3 is 0 Å². The van der Waals surface area contributed by atoms with Crippen LogP contribution in [-0.2, 0) is 17.8 Å². The number of carbonyl (C=O) groups excluding carboxylic acids is 1. The van der Waals surface area contributed by atoms with Crippen LogP contribution >= 0.6 is 35.1 Å². The number of nitrogens with zero attached hydrogens (tertiary/aromatic N) is 2. The molecule has 29 heavy (non-hydrogen) atoms. The second kappa shape index (κ2) is 9.07. The molecule has 1 N–H and O–H groups in total. The molecule has 8 heteroatoms. The molecule has 1 aliphatic rings. The lowest BCUT2D eigenvalue weighted by molar-refractivity contribution is -0.118. The summed E-state index contributed by atoms with van der Waals surface area (Å²) in [6.07, 6.45) is 0.768. The average molecular weight is 444 g/mol. The molecule has 2 heterocycles. The van der Waals surface area contributed by atoms with E-state index in [1.807, 2.05) is 30.3 Å². The summed E-state index contributed by atoms with van der Waals surface area (Å²) in [7, 11) is 0. The van der Waals surface area contributed by atoms with Gasteiger partial charge in [0.1, 0.15) is 0 Å². The highest BCUT2D eigenvalue weighted by Crippen LogP contribution is 2.30. The van der Waals surface area contributed by atoms with E-state index in [0.29, 0.717) is 27.3 Å². The Labute approximate surface area is 181 Å². The van der Waals surface area contributed by atoms with Crippen LogP contribution in [0.3, 0.4) is 0 Å². The lowest BCUT2D eigenvalue weighted by atomic mass is 10.2. The first-order valence-corrected chi connectivity index (χ1v) is 11.4. The number of aryl methyl sites for hydroxylation is 1.